The zero-order chi connectivity index (χ0) is 24.8. The number of rotatable bonds is 5. The predicted octanol–water partition coefficient (Wildman–Crippen LogP) is 3.06. The van der Waals surface area contributed by atoms with Crippen LogP contribution in [0.1, 0.15) is 29.5 Å². The fourth-order valence-electron chi connectivity index (χ4n) is 4.48. The Morgan fingerprint density at radius 1 is 1.20 bits per heavy atom. The Balaban J connectivity index is 1.36. The molecule has 35 heavy (non-hydrogen) atoms. The Labute approximate surface area is 203 Å². The van der Waals surface area contributed by atoms with Crippen molar-refractivity contribution in [3.63, 3.8) is 0 Å². The molecule has 1 aromatic heterocycles. The van der Waals surface area contributed by atoms with E-state index in [0.717, 1.165) is 22.4 Å². The van der Waals surface area contributed by atoms with Gasteiger partial charge >= 0.3 is 18.0 Å². The second kappa shape index (κ2) is 10.9. The normalized spacial score (nSPS) is 16.5. The lowest BCUT2D eigenvalue weighted by Crippen LogP contribution is -2.54. The summed E-state index contributed by atoms with van der Waals surface area (Å²) in [6, 6.07) is 11.5. The molecule has 1 saturated heterocycles. The van der Waals surface area contributed by atoms with Gasteiger partial charge < -0.3 is 25.5 Å². The lowest BCUT2D eigenvalue weighted by molar-refractivity contribution is -0.139. The molecule has 184 valence electrons. The highest BCUT2D eigenvalue weighted by Crippen LogP contribution is 2.27. The molecule has 0 bridgehead atoms. The van der Waals surface area contributed by atoms with Gasteiger partial charge in [-0.2, -0.15) is 5.10 Å². The molecule has 1 fully saturated rings. The van der Waals surface area contributed by atoms with E-state index in [4.69, 9.17) is 0 Å². The van der Waals surface area contributed by atoms with E-state index in [1.54, 1.807) is 29.4 Å². The zero-order valence-corrected chi connectivity index (χ0v) is 19.6. The highest BCUT2D eigenvalue weighted by molar-refractivity contribution is 5.92. The number of carbonyl (C=O) groups excluding carboxylic acids is 2. The van der Waals surface area contributed by atoms with E-state index in [0.29, 0.717) is 32.5 Å². The summed E-state index contributed by atoms with van der Waals surface area (Å²) in [4.78, 5) is 40.8. The van der Waals surface area contributed by atoms with Crippen LogP contribution in [-0.4, -0.2) is 68.3 Å². The SMILES string of the molecule is Cc1c[nH]ncccc(CC(NC(=O)N2CCC(N3Cc4ccccc4NC3=O)CC2)C(=O)O)c1. The summed E-state index contributed by atoms with van der Waals surface area (Å²) in [6.45, 7) is 3.31. The Morgan fingerprint density at radius 3 is 2.74 bits per heavy atom. The largest absolute Gasteiger partial charge is 0.480 e. The molecule has 2 aliphatic rings. The highest BCUT2D eigenvalue weighted by atomic mass is 16.4. The second-order valence-electron chi connectivity index (χ2n) is 8.85. The quantitative estimate of drug-likeness (QED) is 0.525. The average molecular weight is 479 g/mol. The number of hydrogen-bond acceptors (Lipinski definition) is 4. The Hall–Kier alpha value is -4.08. The zero-order valence-electron chi connectivity index (χ0n) is 19.6. The summed E-state index contributed by atoms with van der Waals surface area (Å²) >= 11 is 0. The van der Waals surface area contributed by atoms with E-state index < -0.39 is 18.0 Å². The van der Waals surface area contributed by atoms with Gasteiger partial charge in [-0.05, 0) is 48.6 Å². The minimum Gasteiger partial charge on any atom is -0.480 e. The summed E-state index contributed by atoms with van der Waals surface area (Å²) in [7, 11) is 0. The standard InChI is InChI=1S/C25H30N6O4/c1-17-13-18(5-4-10-26-27-15-17)14-22(23(32)33)29-24(34)30-11-8-20(9-12-30)31-16-19-6-2-3-7-21(19)28-25(31)35/h2-7,10,13,15,20,22,27H,8-9,11-12,14,16H2,1H3,(H,28,35)(H,29,34)(H,32,33). The minimum atomic E-state index is -1.10. The molecule has 1 aromatic carbocycles. The molecule has 4 amide bonds. The van der Waals surface area contributed by atoms with Crippen LogP contribution >= 0.6 is 0 Å². The summed E-state index contributed by atoms with van der Waals surface area (Å²) in [5, 5.41) is 22.1. The number of aromatic nitrogens is 2. The maximum atomic E-state index is 12.9. The lowest BCUT2D eigenvalue weighted by atomic mass is 10.0. The maximum Gasteiger partial charge on any atom is 0.326 e. The third-order valence-electron chi connectivity index (χ3n) is 6.34. The van der Waals surface area contributed by atoms with Crippen molar-refractivity contribution in [2.24, 2.45) is 0 Å². The fourth-order valence-corrected chi connectivity index (χ4v) is 4.48. The average Bonchev–Trinajstić information content (AvgIpc) is 2.94. The number of aryl methyl sites for hydroxylation is 1. The van der Waals surface area contributed by atoms with Crippen molar-refractivity contribution in [2.75, 3.05) is 18.4 Å². The molecule has 0 spiro atoms. The van der Waals surface area contributed by atoms with Crippen LogP contribution in [-0.2, 0) is 17.8 Å². The number of aromatic amines is 1. The molecule has 0 saturated carbocycles. The molecular formula is C25H30N6O4. The number of amides is 4. The number of hydrogen-bond donors (Lipinski definition) is 4. The Bertz CT molecular complexity index is 1140. The van der Waals surface area contributed by atoms with Crippen molar-refractivity contribution in [1.29, 1.82) is 0 Å². The number of fused-ring (bicyclic) bond motifs is 1. The van der Waals surface area contributed by atoms with Crippen LogP contribution in [0, 0.1) is 6.92 Å². The van der Waals surface area contributed by atoms with Crippen molar-refractivity contribution < 1.29 is 19.5 Å². The van der Waals surface area contributed by atoms with Gasteiger partial charge in [0.1, 0.15) is 6.04 Å². The van der Waals surface area contributed by atoms with Gasteiger partial charge in [-0.3, -0.25) is 5.10 Å². The first kappa shape index (κ1) is 24.1. The fraction of sp³-hybridized carbons (Fsp3) is 0.360. The molecule has 10 nitrogen and oxygen atoms in total. The predicted molar refractivity (Wildman–Crippen MR) is 130 cm³/mol. The number of aliphatic carboxylic acids is 1. The maximum absolute atomic E-state index is 12.9. The van der Waals surface area contributed by atoms with Gasteiger partial charge in [-0.15, -0.1) is 0 Å². The van der Waals surface area contributed by atoms with Crippen molar-refractivity contribution >= 4 is 23.7 Å². The number of anilines is 1. The van der Waals surface area contributed by atoms with E-state index in [2.05, 4.69) is 20.8 Å². The summed E-state index contributed by atoms with van der Waals surface area (Å²) in [6.07, 6.45) is 4.68. The second-order valence-corrected chi connectivity index (χ2v) is 8.85. The molecule has 2 aromatic rings. The Kier molecular flexibility index (Phi) is 7.49. The van der Waals surface area contributed by atoms with Crippen LogP contribution in [0.4, 0.5) is 15.3 Å². The van der Waals surface area contributed by atoms with Gasteiger partial charge in [-0.25, -0.2) is 14.4 Å². The number of para-hydroxylation sites is 1. The molecule has 2 aliphatic heterocycles. The molecule has 4 N–H and O–H groups in total. The van der Waals surface area contributed by atoms with Crippen LogP contribution in [0.3, 0.4) is 0 Å². The first-order chi connectivity index (χ1) is 16.9. The number of urea groups is 2. The molecule has 0 aliphatic carbocycles. The van der Waals surface area contributed by atoms with Crippen LogP contribution in [0.2, 0.25) is 0 Å². The molecule has 0 radical (unpaired) electrons. The molecule has 3 heterocycles. The summed E-state index contributed by atoms with van der Waals surface area (Å²) in [5.41, 5.74) is 3.55. The van der Waals surface area contributed by atoms with Crippen LogP contribution in [0.15, 0.2) is 54.9 Å². The third kappa shape index (κ3) is 6.08. The molecular weight excluding hydrogens is 448 g/mol. The van der Waals surface area contributed by atoms with Crippen molar-refractivity contribution in [1.82, 2.24) is 25.3 Å². The van der Waals surface area contributed by atoms with Crippen LogP contribution < -0.4 is 10.6 Å². The number of nitrogens with zero attached hydrogens (tertiary/aromatic N) is 3. The monoisotopic (exact) mass is 478 g/mol. The smallest absolute Gasteiger partial charge is 0.326 e. The number of likely N-dealkylation sites (tertiary alicyclic amines) is 1. The van der Waals surface area contributed by atoms with E-state index in [-0.39, 0.29) is 18.5 Å². The number of H-pyrrole nitrogens is 1. The van der Waals surface area contributed by atoms with E-state index in [1.807, 2.05) is 42.2 Å². The van der Waals surface area contributed by atoms with Gasteiger partial charge in [0, 0.05) is 50.2 Å². The van der Waals surface area contributed by atoms with Crippen LogP contribution in [0.5, 0.6) is 0 Å². The molecule has 1 atom stereocenters. The van der Waals surface area contributed by atoms with E-state index in [1.165, 1.54) is 0 Å². The first-order valence-electron chi connectivity index (χ1n) is 11.7. The van der Waals surface area contributed by atoms with Crippen LogP contribution in [0.25, 0.3) is 0 Å². The number of piperidine rings is 1. The van der Waals surface area contributed by atoms with Gasteiger partial charge in [0.25, 0.3) is 0 Å². The lowest BCUT2D eigenvalue weighted by Gasteiger charge is -2.40. The van der Waals surface area contributed by atoms with E-state index >= 15 is 0 Å². The van der Waals surface area contributed by atoms with E-state index in [9.17, 15) is 19.5 Å². The molecule has 4 rings (SSSR count). The first-order valence-corrected chi connectivity index (χ1v) is 11.7. The molecule has 10 heteroatoms. The third-order valence-corrected chi connectivity index (χ3v) is 6.34. The summed E-state index contributed by atoms with van der Waals surface area (Å²) < 4.78 is 0. The number of nitrogens with one attached hydrogen (secondary N) is 3. The highest BCUT2D eigenvalue weighted by Gasteiger charge is 2.33. The number of carboxylic acids is 1. The minimum absolute atomic E-state index is 0.0156. The van der Waals surface area contributed by atoms with Gasteiger partial charge in [0.05, 0.1) is 0 Å². The number of carboxylic acid groups (broad SMARTS) is 1. The van der Waals surface area contributed by atoms with Gasteiger partial charge in [-0.1, -0.05) is 30.3 Å². The van der Waals surface area contributed by atoms with Crippen molar-refractivity contribution in [3.05, 3.63) is 71.5 Å². The summed E-state index contributed by atoms with van der Waals surface area (Å²) in [5.74, 6) is -1.10. The Morgan fingerprint density at radius 2 is 1.97 bits per heavy atom. The van der Waals surface area contributed by atoms with Gasteiger partial charge in [0.15, 0.2) is 0 Å². The van der Waals surface area contributed by atoms with Crippen molar-refractivity contribution in [3.8, 4) is 0 Å². The number of benzene rings is 1. The molecule has 1 unspecified atom stereocenters. The van der Waals surface area contributed by atoms with Crippen molar-refractivity contribution in [2.45, 2.75) is 44.8 Å². The van der Waals surface area contributed by atoms with Gasteiger partial charge in [0.2, 0.25) is 0 Å². The number of carbonyl (C=O) groups is 3. The topological polar surface area (TPSA) is 131 Å².